The van der Waals surface area contributed by atoms with Crippen molar-refractivity contribution < 1.29 is 4.39 Å². The molecule has 0 aliphatic heterocycles. The van der Waals surface area contributed by atoms with Crippen LogP contribution in [0.1, 0.15) is 5.56 Å². The van der Waals surface area contributed by atoms with Gasteiger partial charge in [-0.25, -0.2) is 9.07 Å². The van der Waals surface area contributed by atoms with Crippen molar-refractivity contribution in [2.45, 2.75) is 0 Å². The summed E-state index contributed by atoms with van der Waals surface area (Å²) >= 11 is 5.15. The standard InChI is InChI=1S/C10H4BrFIN3/c11-9-6(3-14)1-2-8(10(9)12)16-5-7(13)4-15-16/h1-2,4-5H. The van der Waals surface area contributed by atoms with Gasteiger partial charge >= 0.3 is 0 Å². The van der Waals surface area contributed by atoms with Crippen molar-refractivity contribution in [3.63, 3.8) is 0 Å². The molecule has 0 N–H and O–H groups in total. The zero-order valence-electron chi connectivity index (χ0n) is 7.78. The fourth-order valence-corrected chi connectivity index (χ4v) is 2.05. The summed E-state index contributed by atoms with van der Waals surface area (Å²) in [7, 11) is 0. The van der Waals surface area contributed by atoms with Crippen molar-refractivity contribution in [3.8, 4) is 11.8 Å². The highest BCUT2D eigenvalue weighted by Crippen LogP contribution is 2.25. The van der Waals surface area contributed by atoms with Gasteiger partial charge in [0, 0.05) is 6.20 Å². The predicted octanol–water partition coefficient (Wildman–Crippen LogP) is 3.25. The minimum absolute atomic E-state index is 0.165. The Morgan fingerprint density at radius 3 is 2.81 bits per heavy atom. The molecule has 6 heteroatoms. The highest BCUT2D eigenvalue weighted by molar-refractivity contribution is 14.1. The summed E-state index contributed by atoms with van der Waals surface area (Å²) in [4.78, 5) is 0. The van der Waals surface area contributed by atoms with Crippen molar-refractivity contribution in [1.82, 2.24) is 9.78 Å². The van der Waals surface area contributed by atoms with E-state index in [4.69, 9.17) is 5.26 Å². The number of nitrogens with zero attached hydrogens (tertiary/aromatic N) is 3. The van der Waals surface area contributed by atoms with E-state index in [0.29, 0.717) is 5.69 Å². The third-order valence-electron chi connectivity index (χ3n) is 1.98. The Hall–Kier alpha value is -0.940. The molecule has 1 heterocycles. The van der Waals surface area contributed by atoms with Gasteiger partial charge in [0.1, 0.15) is 11.8 Å². The van der Waals surface area contributed by atoms with Gasteiger partial charge in [-0.3, -0.25) is 0 Å². The van der Waals surface area contributed by atoms with Crippen LogP contribution in [0.5, 0.6) is 0 Å². The zero-order chi connectivity index (χ0) is 11.7. The van der Waals surface area contributed by atoms with Gasteiger partial charge in [0.25, 0.3) is 0 Å². The molecule has 1 aromatic carbocycles. The smallest absolute Gasteiger partial charge is 0.164 e. The van der Waals surface area contributed by atoms with Crippen LogP contribution in [0.15, 0.2) is 29.0 Å². The molecule has 0 spiro atoms. The van der Waals surface area contributed by atoms with Crippen LogP contribution < -0.4 is 0 Å². The molecule has 0 fully saturated rings. The Balaban J connectivity index is 2.60. The molecule has 0 saturated heterocycles. The number of hydrogen-bond donors (Lipinski definition) is 0. The molecule has 3 nitrogen and oxygen atoms in total. The van der Waals surface area contributed by atoms with Gasteiger partial charge in [-0.15, -0.1) is 0 Å². The largest absolute Gasteiger partial charge is 0.237 e. The molecular weight excluding hydrogens is 388 g/mol. The molecule has 2 aromatic rings. The van der Waals surface area contributed by atoms with Gasteiger partial charge in [-0.05, 0) is 50.7 Å². The minimum Gasteiger partial charge on any atom is -0.237 e. The average Bonchev–Trinajstić information content (AvgIpc) is 2.69. The molecule has 2 rings (SSSR count). The lowest BCUT2D eigenvalue weighted by molar-refractivity contribution is 0.604. The van der Waals surface area contributed by atoms with Gasteiger partial charge in [-0.1, -0.05) is 0 Å². The Bertz CT molecular complexity index is 588. The van der Waals surface area contributed by atoms with Crippen LogP contribution in [0.4, 0.5) is 4.39 Å². The second-order valence-corrected chi connectivity index (χ2v) is 5.01. The molecule has 0 bridgehead atoms. The quantitative estimate of drug-likeness (QED) is 0.700. The number of benzene rings is 1. The first kappa shape index (κ1) is 11.5. The maximum Gasteiger partial charge on any atom is 0.164 e. The lowest BCUT2D eigenvalue weighted by Gasteiger charge is -2.05. The Kier molecular flexibility index (Phi) is 3.25. The Morgan fingerprint density at radius 2 is 2.25 bits per heavy atom. The predicted molar refractivity (Wildman–Crippen MR) is 68.7 cm³/mol. The van der Waals surface area contributed by atoms with E-state index in [9.17, 15) is 4.39 Å². The van der Waals surface area contributed by atoms with Crippen molar-refractivity contribution in [2.24, 2.45) is 0 Å². The van der Waals surface area contributed by atoms with E-state index in [1.54, 1.807) is 18.5 Å². The van der Waals surface area contributed by atoms with E-state index >= 15 is 0 Å². The molecule has 0 saturated carbocycles. The SMILES string of the molecule is N#Cc1ccc(-n2cc(I)cn2)c(F)c1Br. The van der Waals surface area contributed by atoms with Gasteiger partial charge in [-0.2, -0.15) is 10.4 Å². The molecule has 0 radical (unpaired) electrons. The lowest BCUT2D eigenvalue weighted by Crippen LogP contribution is -1.99. The molecule has 0 aliphatic rings. The van der Waals surface area contributed by atoms with Crippen molar-refractivity contribution in [3.05, 3.63) is 43.9 Å². The zero-order valence-corrected chi connectivity index (χ0v) is 11.5. The maximum absolute atomic E-state index is 13.9. The maximum atomic E-state index is 13.9. The van der Waals surface area contributed by atoms with E-state index in [-0.39, 0.29) is 10.0 Å². The van der Waals surface area contributed by atoms with Crippen LogP contribution in [-0.2, 0) is 0 Å². The summed E-state index contributed by atoms with van der Waals surface area (Å²) < 4.78 is 16.4. The summed E-state index contributed by atoms with van der Waals surface area (Å²) in [5.41, 5.74) is 0.580. The normalized spacial score (nSPS) is 10.1. The first-order valence-electron chi connectivity index (χ1n) is 4.22. The van der Waals surface area contributed by atoms with Crippen LogP contribution in [0.2, 0.25) is 0 Å². The molecule has 0 unspecified atom stereocenters. The minimum atomic E-state index is -0.487. The lowest BCUT2D eigenvalue weighted by atomic mass is 10.2. The number of halogens is 3. The topological polar surface area (TPSA) is 41.6 Å². The number of hydrogen-bond acceptors (Lipinski definition) is 2. The fraction of sp³-hybridized carbons (Fsp3) is 0. The van der Waals surface area contributed by atoms with Crippen LogP contribution in [-0.4, -0.2) is 9.78 Å². The second kappa shape index (κ2) is 4.51. The average molecular weight is 392 g/mol. The van der Waals surface area contributed by atoms with Gasteiger partial charge < -0.3 is 0 Å². The van der Waals surface area contributed by atoms with Crippen LogP contribution in [0.3, 0.4) is 0 Å². The Labute approximate surface area is 113 Å². The third kappa shape index (κ3) is 1.97. The number of aromatic nitrogens is 2. The third-order valence-corrected chi connectivity index (χ3v) is 3.31. The van der Waals surface area contributed by atoms with E-state index in [2.05, 4.69) is 43.6 Å². The molecule has 0 atom stereocenters. The molecule has 16 heavy (non-hydrogen) atoms. The molecule has 0 amide bonds. The van der Waals surface area contributed by atoms with Crippen molar-refractivity contribution in [2.75, 3.05) is 0 Å². The number of nitriles is 1. The van der Waals surface area contributed by atoms with E-state index in [1.807, 2.05) is 6.07 Å². The summed E-state index contributed by atoms with van der Waals surface area (Å²) in [6.07, 6.45) is 3.34. The summed E-state index contributed by atoms with van der Waals surface area (Å²) in [6, 6.07) is 4.98. The first-order valence-corrected chi connectivity index (χ1v) is 6.09. The highest BCUT2D eigenvalue weighted by Gasteiger charge is 2.12. The van der Waals surface area contributed by atoms with Gasteiger partial charge in [0.05, 0.1) is 19.8 Å². The van der Waals surface area contributed by atoms with Crippen LogP contribution in [0, 0.1) is 20.7 Å². The van der Waals surface area contributed by atoms with Crippen molar-refractivity contribution >= 4 is 38.5 Å². The monoisotopic (exact) mass is 391 g/mol. The number of rotatable bonds is 1. The first-order chi connectivity index (χ1) is 7.63. The van der Waals surface area contributed by atoms with Crippen LogP contribution >= 0.6 is 38.5 Å². The molecular formula is C10H4BrFIN3. The summed E-state index contributed by atoms with van der Waals surface area (Å²) in [5.74, 6) is -0.487. The molecule has 0 aliphatic carbocycles. The van der Waals surface area contributed by atoms with Crippen molar-refractivity contribution in [1.29, 1.82) is 5.26 Å². The summed E-state index contributed by atoms with van der Waals surface area (Å²) in [5, 5.41) is 12.7. The molecule has 1 aromatic heterocycles. The van der Waals surface area contributed by atoms with Gasteiger partial charge in [0.2, 0.25) is 0 Å². The highest BCUT2D eigenvalue weighted by atomic mass is 127. The van der Waals surface area contributed by atoms with E-state index < -0.39 is 5.82 Å². The Morgan fingerprint density at radius 1 is 1.50 bits per heavy atom. The fourth-order valence-electron chi connectivity index (χ4n) is 1.24. The van der Waals surface area contributed by atoms with Crippen LogP contribution in [0.25, 0.3) is 5.69 Å². The molecule has 80 valence electrons. The summed E-state index contributed by atoms with van der Waals surface area (Å²) in [6.45, 7) is 0. The second-order valence-electron chi connectivity index (χ2n) is 2.98. The van der Waals surface area contributed by atoms with E-state index in [1.165, 1.54) is 10.7 Å². The van der Waals surface area contributed by atoms with Gasteiger partial charge in [0.15, 0.2) is 5.82 Å². The van der Waals surface area contributed by atoms with E-state index in [0.717, 1.165) is 3.57 Å².